The van der Waals surface area contributed by atoms with E-state index in [2.05, 4.69) is 15.5 Å². The maximum Gasteiger partial charge on any atom is 0.246 e. The lowest BCUT2D eigenvalue weighted by Gasteiger charge is -2.30. The lowest BCUT2D eigenvalue weighted by molar-refractivity contribution is -0.138. The third kappa shape index (κ3) is 4.20. The van der Waals surface area contributed by atoms with Crippen LogP contribution in [0.3, 0.4) is 0 Å². The summed E-state index contributed by atoms with van der Waals surface area (Å²) in [6.45, 7) is 3.29. The summed E-state index contributed by atoms with van der Waals surface area (Å²) in [6, 6.07) is 0. The zero-order chi connectivity index (χ0) is 15.2. The molecular formula is C13H20N4O3S. The fourth-order valence-corrected chi connectivity index (χ4v) is 2.67. The van der Waals surface area contributed by atoms with Gasteiger partial charge in [-0.3, -0.25) is 9.59 Å². The molecule has 0 spiro atoms. The predicted octanol–water partition coefficient (Wildman–Crippen LogP) is 0.807. The second-order valence-electron chi connectivity index (χ2n) is 4.92. The van der Waals surface area contributed by atoms with E-state index in [1.165, 1.54) is 0 Å². The molecule has 0 saturated carbocycles. The Morgan fingerprint density at radius 2 is 2.38 bits per heavy atom. The molecule has 21 heavy (non-hydrogen) atoms. The molecule has 1 N–H and O–H groups in total. The fourth-order valence-electron chi connectivity index (χ4n) is 2.29. The van der Waals surface area contributed by atoms with E-state index < -0.39 is 0 Å². The molecule has 2 rings (SSSR count). The van der Waals surface area contributed by atoms with Gasteiger partial charge in [0.25, 0.3) is 0 Å². The maximum absolute atomic E-state index is 12.1. The van der Waals surface area contributed by atoms with Crippen molar-refractivity contribution in [2.24, 2.45) is 5.92 Å². The molecule has 2 heterocycles. The Hall–Kier alpha value is -1.57. The van der Waals surface area contributed by atoms with E-state index in [4.69, 9.17) is 4.52 Å². The second-order valence-corrected chi connectivity index (χ2v) is 5.79. The molecule has 116 valence electrons. The van der Waals surface area contributed by atoms with Crippen LogP contribution in [0.5, 0.6) is 0 Å². The Balaban J connectivity index is 1.82. The van der Waals surface area contributed by atoms with Crippen molar-refractivity contribution in [1.29, 1.82) is 0 Å². The third-order valence-corrected chi connectivity index (χ3v) is 4.00. The fraction of sp³-hybridized carbons (Fsp3) is 0.692. The van der Waals surface area contributed by atoms with Gasteiger partial charge >= 0.3 is 0 Å². The summed E-state index contributed by atoms with van der Waals surface area (Å²) in [5, 5.41) is 6.62. The van der Waals surface area contributed by atoms with Crippen LogP contribution in [0.2, 0.25) is 0 Å². The standard InChI is InChI=1S/C13H20N4O3S/c1-3-17-7-9(4-5-12(17)18)13(19)14-6-11-15-10(8-21-2)16-20-11/h9H,3-8H2,1-2H3,(H,14,19)/t9-/m0/s1. The summed E-state index contributed by atoms with van der Waals surface area (Å²) in [7, 11) is 0. The number of nitrogens with one attached hydrogen (secondary N) is 1. The first kappa shape index (κ1) is 15.8. The van der Waals surface area contributed by atoms with Crippen LogP contribution in [0.1, 0.15) is 31.5 Å². The predicted molar refractivity (Wildman–Crippen MR) is 78.3 cm³/mol. The maximum atomic E-state index is 12.1. The number of amides is 2. The van der Waals surface area contributed by atoms with Crippen LogP contribution in [-0.2, 0) is 21.9 Å². The molecule has 2 amide bonds. The third-order valence-electron chi connectivity index (χ3n) is 3.45. The van der Waals surface area contributed by atoms with Gasteiger partial charge in [0.05, 0.1) is 18.2 Å². The molecule has 0 aromatic carbocycles. The van der Waals surface area contributed by atoms with Crippen LogP contribution in [0.15, 0.2) is 4.52 Å². The van der Waals surface area contributed by atoms with E-state index in [9.17, 15) is 9.59 Å². The summed E-state index contributed by atoms with van der Waals surface area (Å²) in [6.07, 6.45) is 2.99. The summed E-state index contributed by atoms with van der Waals surface area (Å²) in [4.78, 5) is 29.6. The van der Waals surface area contributed by atoms with Crippen molar-refractivity contribution in [2.45, 2.75) is 32.1 Å². The lowest BCUT2D eigenvalue weighted by atomic mass is 9.96. The molecule has 1 atom stereocenters. The highest BCUT2D eigenvalue weighted by atomic mass is 32.2. The van der Waals surface area contributed by atoms with Gasteiger partial charge < -0.3 is 14.7 Å². The van der Waals surface area contributed by atoms with Gasteiger partial charge in [-0.2, -0.15) is 16.7 Å². The van der Waals surface area contributed by atoms with Gasteiger partial charge in [0, 0.05) is 19.5 Å². The van der Waals surface area contributed by atoms with E-state index in [0.717, 1.165) is 0 Å². The average Bonchev–Trinajstić information content (AvgIpc) is 2.93. The Labute approximate surface area is 127 Å². The smallest absolute Gasteiger partial charge is 0.246 e. The van der Waals surface area contributed by atoms with Gasteiger partial charge in [0.2, 0.25) is 17.7 Å². The Morgan fingerprint density at radius 1 is 1.57 bits per heavy atom. The SMILES string of the molecule is CCN1C[C@@H](C(=O)NCc2nc(CSC)no2)CCC1=O. The Bertz CT molecular complexity index is 505. The molecule has 1 aliphatic heterocycles. The average molecular weight is 312 g/mol. The number of aromatic nitrogens is 2. The molecule has 0 bridgehead atoms. The van der Waals surface area contributed by atoms with Crippen LogP contribution in [0.4, 0.5) is 0 Å². The van der Waals surface area contributed by atoms with E-state index in [1.54, 1.807) is 16.7 Å². The number of piperidine rings is 1. The van der Waals surface area contributed by atoms with Crippen molar-refractivity contribution < 1.29 is 14.1 Å². The Kier molecular flexibility index (Phi) is 5.60. The molecule has 1 aromatic rings. The van der Waals surface area contributed by atoms with Crippen LogP contribution in [0, 0.1) is 5.92 Å². The highest BCUT2D eigenvalue weighted by Gasteiger charge is 2.29. The van der Waals surface area contributed by atoms with Gasteiger partial charge in [-0.05, 0) is 19.6 Å². The number of likely N-dealkylation sites (tertiary alicyclic amines) is 1. The van der Waals surface area contributed by atoms with E-state index in [1.807, 2.05) is 13.2 Å². The first-order chi connectivity index (χ1) is 10.1. The van der Waals surface area contributed by atoms with Crippen LogP contribution >= 0.6 is 11.8 Å². The number of carbonyl (C=O) groups excluding carboxylic acids is 2. The van der Waals surface area contributed by atoms with E-state index in [-0.39, 0.29) is 24.3 Å². The van der Waals surface area contributed by atoms with E-state index in [0.29, 0.717) is 43.4 Å². The normalized spacial score (nSPS) is 18.9. The molecule has 1 aliphatic rings. The van der Waals surface area contributed by atoms with E-state index >= 15 is 0 Å². The number of rotatable bonds is 6. The van der Waals surface area contributed by atoms with Crippen LogP contribution in [0.25, 0.3) is 0 Å². The summed E-state index contributed by atoms with van der Waals surface area (Å²) < 4.78 is 5.06. The first-order valence-electron chi connectivity index (χ1n) is 7.00. The van der Waals surface area contributed by atoms with Gasteiger partial charge in [0.1, 0.15) is 0 Å². The van der Waals surface area contributed by atoms with Gasteiger partial charge in [0.15, 0.2) is 5.82 Å². The zero-order valence-electron chi connectivity index (χ0n) is 12.3. The molecule has 0 aliphatic carbocycles. The molecule has 1 saturated heterocycles. The quantitative estimate of drug-likeness (QED) is 0.836. The largest absolute Gasteiger partial charge is 0.347 e. The van der Waals surface area contributed by atoms with Gasteiger partial charge in [-0.15, -0.1) is 0 Å². The highest BCUT2D eigenvalue weighted by molar-refractivity contribution is 7.97. The summed E-state index contributed by atoms with van der Waals surface area (Å²) in [5.74, 6) is 1.63. The van der Waals surface area contributed by atoms with Crippen molar-refractivity contribution >= 4 is 23.6 Å². The van der Waals surface area contributed by atoms with Crippen molar-refractivity contribution in [3.05, 3.63) is 11.7 Å². The topological polar surface area (TPSA) is 88.3 Å². The van der Waals surface area contributed by atoms with Crippen molar-refractivity contribution in [3.8, 4) is 0 Å². The van der Waals surface area contributed by atoms with Crippen molar-refractivity contribution in [2.75, 3.05) is 19.3 Å². The zero-order valence-corrected chi connectivity index (χ0v) is 13.1. The minimum atomic E-state index is -0.156. The minimum absolute atomic E-state index is 0.0643. The van der Waals surface area contributed by atoms with Crippen molar-refractivity contribution in [1.82, 2.24) is 20.4 Å². The van der Waals surface area contributed by atoms with Gasteiger partial charge in [-0.25, -0.2) is 0 Å². The summed E-state index contributed by atoms with van der Waals surface area (Å²) in [5.41, 5.74) is 0. The molecule has 0 radical (unpaired) electrons. The number of hydrogen-bond donors (Lipinski definition) is 1. The monoisotopic (exact) mass is 312 g/mol. The van der Waals surface area contributed by atoms with Gasteiger partial charge in [-0.1, -0.05) is 5.16 Å². The number of nitrogens with zero attached hydrogens (tertiary/aromatic N) is 3. The van der Waals surface area contributed by atoms with Crippen LogP contribution < -0.4 is 5.32 Å². The molecule has 8 heteroatoms. The molecular weight excluding hydrogens is 292 g/mol. The van der Waals surface area contributed by atoms with Crippen molar-refractivity contribution in [3.63, 3.8) is 0 Å². The number of carbonyl (C=O) groups is 2. The lowest BCUT2D eigenvalue weighted by Crippen LogP contribution is -2.45. The number of thioether (sulfide) groups is 1. The Morgan fingerprint density at radius 3 is 3.10 bits per heavy atom. The first-order valence-corrected chi connectivity index (χ1v) is 8.39. The summed E-state index contributed by atoms with van der Waals surface area (Å²) >= 11 is 1.61. The highest BCUT2D eigenvalue weighted by Crippen LogP contribution is 2.17. The molecule has 1 fully saturated rings. The second kappa shape index (κ2) is 7.44. The molecule has 7 nitrogen and oxygen atoms in total. The van der Waals surface area contributed by atoms with Crippen LogP contribution in [-0.4, -0.2) is 46.2 Å². The molecule has 0 unspecified atom stereocenters. The number of hydrogen-bond acceptors (Lipinski definition) is 6. The minimum Gasteiger partial charge on any atom is -0.347 e. The molecule has 1 aromatic heterocycles.